The molecule has 5 heteroatoms. The van der Waals surface area contributed by atoms with Crippen molar-refractivity contribution in [3.05, 3.63) is 0 Å². The van der Waals surface area contributed by atoms with E-state index in [1.807, 2.05) is 0 Å². The zero-order valence-electron chi connectivity index (χ0n) is 12.7. The lowest BCUT2D eigenvalue weighted by Crippen LogP contribution is -2.24. The van der Waals surface area contributed by atoms with E-state index in [0.29, 0.717) is 15.5 Å². The van der Waals surface area contributed by atoms with Gasteiger partial charge >= 0.3 is 0 Å². The first-order valence-corrected chi connectivity index (χ1v) is 15.2. The van der Waals surface area contributed by atoms with Gasteiger partial charge in [0.2, 0.25) is 0 Å². The molecule has 0 aromatic heterocycles. The van der Waals surface area contributed by atoms with Crippen LogP contribution in [0.2, 0.25) is 0 Å². The zero-order valence-corrected chi connectivity index (χ0v) is 17.0. The van der Waals surface area contributed by atoms with Crippen LogP contribution in [0.15, 0.2) is 0 Å². The highest BCUT2D eigenvalue weighted by atomic mass is 35.7. The van der Waals surface area contributed by atoms with Crippen molar-refractivity contribution in [3.8, 4) is 0 Å². The molecule has 1 rings (SSSR count). The van der Waals surface area contributed by atoms with Gasteiger partial charge in [0, 0.05) is 6.65 Å². The Morgan fingerprint density at radius 1 is 0.529 bits per heavy atom. The van der Waals surface area contributed by atoms with Crippen molar-refractivity contribution in [1.29, 1.82) is 0 Å². The molecule has 17 heavy (non-hydrogen) atoms. The third-order valence-electron chi connectivity index (χ3n) is 2.47. The van der Waals surface area contributed by atoms with Crippen LogP contribution >= 0.6 is 39.8 Å². The van der Waals surface area contributed by atoms with E-state index in [1.165, 1.54) is 0 Å². The van der Waals surface area contributed by atoms with Crippen molar-refractivity contribution >= 4 is 39.8 Å². The highest BCUT2D eigenvalue weighted by molar-refractivity contribution is 9.13. The van der Waals surface area contributed by atoms with Gasteiger partial charge in [-0.2, -0.15) is 0 Å². The molecule has 102 valence electrons. The summed E-state index contributed by atoms with van der Waals surface area (Å²) in [7, 11) is 0.283. The minimum atomic E-state index is -0.194. The number of halogens is 1. The predicted octanol–water partition coefficient (Wildman–Crippen LogP) is 8.14. The molecule has 0 spiro atoms. The Balaban J connectivity index is 3.07. The first kappa shape index (κ1) is 17.1. The minimum absolute atomic E-state index is 0.0687. The molecule has 1 heterocycles. The minimum Gasteiger partial charge on any atom is -0.0855 e. The molecule has 0 saturated carbocycles. The quantitative estimate of drug-likeness (QED) is 0.393. The van der Waals surface area contributed by atoms with Crippen LogP contribution in [0.4, 0.5) is 0 Å². The van der Waals surface area contributed by atoms with Crippen molar-refractivity contribution in [2.24, 2.45) is 0 Å². The summed E-state index contributed by atoms with van der Waals surface area (Å²) in [5, 5.41) is 1.39. The van der Waals surface area contributed by atoms with Crippen molar-refractivity contribution in [2.45, 2.75) is 77.8 Å². The molecule has 0 N–H and O–H groups in total. The number of hydrogen-bond donors (Lipinski definition) is 0. The van der Waals surface area contributed by atoms with Crippen LogP contribution in [0.1, 0.15) is 62.3 Å². The van der Waals surface area contributed by atoms with Gasteiger partial charge in [-0.1, -0.05) is 73.6 Å². The fourth-order valence-corrected chi connectivity index (χ4v) is 57.5. The Morgan fingerprint density at radius 2 is 0.765 bits per heavy atom. The van der Waals surface area contributed by atoms with Gasteiger partial charge < -0.3 is 0 Å². The topological polar surface area (TPSA) is 0 Å². The molecule has 0 aromatic carbocycles. The lowest BCUT2D eigenvalue weighted by Gasteiger charge is -2.63. The van der Waals surface area contributed by atoms with Gasteiger partial charge in [0.25, 0.3) is 0 Å². The van der Waals surface area contributed by atoms with E-state index in [0.717, 1.165) is 0 Å². The third kappa shape index (κ3) is 3.56. The Hall–Kier alpha value is 2.01. The smallest absolute Gasteiger partial charge is 0.0496 e. The summed E-state index contributed by atoms with van der Waals surface area (Å²) in [6.07, 6.45) is 0. The number of hydrogen-bond acceptors (Lipinski definition) is 0. The molecule has 1 fully saturated rings. The van der Waals surface area contributed by atoms with Gasteiger partial charge in [0.1, 0.15) is 0 Å². The Kier molecular flexibility index (Phi) is 5.10. The van der Waals surface area contributed by atoms with Gasteiger partial charge in [0.05, 0.1) is 0 Å². The van der Waals surface area contributed by atoms with Gasteiger partial charge in [0.15, 0.2) is 0 Å². The van der Waals surface area contributed by atoms with Crippen LogP contribution in [0.5, 0.6) is 0 Å². The van der Waals surface area contributed by atoms with Crippen LogP contribution in [0.3, 0.4) is 0 Å². The molecule has 0 aliphatic carbocycles. The summed E-state index contributed by atoms with van der Waals surface area (Å²) in [6, 6.07) is 0. The summed E-state index contributed by atoms with van der Waals surface area (Å²) < 4.78 is 0. The van der Waals surface area contributed by atoms with Crippen LogP contribution in [0.25, 0.3) is 0 Å². The lowest BCUT2D eigenvalue weighted by molar-refractivity contribution is 0.776. The molecule has 1 aliphatic rings. The predicted molar refractivity (Wildman–Crippen MR) is 92.8 cm³/mol. The first-order valence-electron chi connectivity index (χ1n) is 6.14. The van der Waals surface area contributed by atoms with Crippen molar-refractivity contribution < 1.29 is 0 Å². The highest BCUT2D eigenvalue weighted by Crippen LogP contribution is 3.26. The van der Waals surface area contributed by atoms with Crippen LogP contribution < -0.4 is 0 Å². The maximum absolute atomic E-state index is 6.89. The van der Waals surface area contributed by atoms with Gasteiger partial charge in [-0.05, 0) is 37.4 Å². The molecule has 2 unspecified atom stereocenters. The maximum atomic E-state index is 6.89. The summed E-state index contributed by atoms with van der Waals surface area (Å²) in [4.78, 5) is 0. The van der Waals surface area contributed by atoms with Crippen LogP contribution in [0, 0.1) is 0 Å². The van der Waals surface area contributed by atoms with E-state index < -0.39 is 0 Å². The number of rotatable bonds is 0. The monoisotopic (exact) mass is 330 g/mol. The standard InChI is InChI=1S/C12H27ClP4/c1-10(2,3)14-15(11(4,5)6)17(13)16(14)12(7,8)9/h1-9H3. The Labute approximate surface area is 117 Å². The maximum Gasteiger partial charge on any atom is 0.0496 e. The Bertz CT molecular complexity index is 262. The highest BCUT2D eigenvalue weighted by Gasteiger charge is 2.61. The normalized spacial score (nSPS) is 35.6. The van der Waals surface area contributed by atoms with E-state index in [9.17, 15) is 0 Å². The third-order valence-corrected chi connectivity index (χ3v) is 44.8. The molecule has 0 radical (unpaired) electrons. The van der Waals surface area contributed by atoms with Gasteiger partial charge in [-0.25, -0.2) is 0 Å². The Morgan fingerprint density at radius 3 is 0.941 bits per heavy atom. The molecule has 0 amide bonds. The summed E-state index contributed by atoms with van der Waals surface area (Å²) in [6.45, 7) is 21.6. The molecular formula is C12H27ClP4. The van der Waals surface area contributed by atoms with Gasteiger partial charge in [-0.3, -0.25) is 0 Å². The van der Waals surface area contributed by atoms with Gasteiger partial charge in [-0.15, -0.1) is 0 Å². The summed E-state index contributed by atoms with van der Waals surface area (Å²) in [5.41, 5.74) is 0. The fourth-order valence-electron chi connectivity index (χ4n) is 1.90. The molecule has 2 atom stereocenters. The molecule has 0 aromatic rings. The second-order valence-electron chi connectivity index (χ2n) is 7.62. The molecular weight excluding hydrogens is 303 g/mol. The zero-order chi connectivity index (χ0) is 13.8. The summed E-state index contributed by atoms with van der Waals surface area (Å²) in [5.74, 6) is 0. The largest absolute Gasteiger partial charge is 0.0855 e. The van der Waals surface area contributed by atoms with Crippen LogP contribution in [-0.2, 0) is 0 Å². The van der Waals surface area contributed by atoms with E-state index in [2.05, 4.69) is 62.3 Å². The lowest BCUT2D eigenvalue weighted by atomic mass is 10.3. The van der Waals surface area contributed by atoms with E-state index in [4.69, 9.17) is 11.2 Å². The molecule has 0 bridgehead atoms. The summed E-state index contributed by atoms with van der Waals surface area (Å²) >= 11 is 6.89. The first-order chi connectivity index (χ1) is 7.28. The fraction of sp³-hybridized carbons (Fsp3) is 1.00. The van der Waals surface area contributed by atoms with Crippen molar-refractivity contribution in [2.75, 3.05) is 0 Å². The van der Waals surface area contributed by atoms with E-state index in [1.54, 1.807) is 0 Å². The second kappa shape index (κ2) is 5.09. The van der Waals surface area contributed by atoms with Crippen molar-refractivity contribution in [1.82, 2.24) is 0 Å². The molecule has 1 aliphatic heterocycles. The average Bonchev–Trinajstić information content (AvgIpc) is 1.90. The average molecular weight is 331 g/mol. The van der Waals surface area contributed by atoms with Crippen LogP contribution in [-0.4, -0.2) is 15.5 Å². The molecule has 1 saturated heterocycles. The van der Waals surface area contributed by atoms with E-state index >= 15 is 0 Å². The molecule has 0 nitrogen and oxygen atoms in total. The second-order valence-corrected chi connectivity index (χ2v) is 29.7. The van der Waals surface area contributed by atoms with E-state index in [-0.39, 0.29) is 28.5 Å². The van der Waals surface area contributed by atoms with Crippen molar-refractivity contribution in [3.63, 3.8) is 0 Å². The SMILES string of the molecule is CC(C)(C)P1P(Cl)P(C(C)(C)C)P1C(C)(C)C.